The van der Waals surface area contributed by atoms with Crippen LogP contribution in [-0.2, 0) is 14.3 Å². The Morgan fingerprint density at radius 3 is 2.38 bits per heavy atom. The number of benzene rings is 3. The van der Waals surface area contributed by atoms with E-state index in [1.54, 1.807) is 24.3 Å². The summed E-state index contributed by atoms with van der Waals surface area (Å²) in [5.74, 6) is -1.50. The van der Waals surface area contributed by atoms with Crippen molar-refractivity contribution < 1.29 is 18.7 Å². The standard InChI is InChI=1S/C23H20FNO3S/c1-16(28-22(26)15-29-21-14-8-6-12-19(21)24)23(27)25-20-13-7-5-11-18(20)17-9-3-2-4-10-17/h2-14,16H,15H2,1H3,(H,25,27)/t16-/m1/s1. The van der Waals surface area contributed by atoms with Crippen molar-refractivity contribution in [2.45, 2.75) is 17.9 Å². The molecule has 1 atom stereocenters. The van der Waals surface area contributed by atoms with E-state index >= 15 is 0 Å². The second-order valence-electron chi connectivity index (χ2n) is 6.25. The third kappa shape index (κ3) is 5.68. The van der Waals surface area contributed by atoms with Crippen molar-refractivity contribution in [2.75, 3.05) is 11.1 Å². The summed E-state index contributed by atoms with van der Waals surface area (Å²) in [7, 11) is 0. The van der Waals surface area contributed by atoms with Gasteiger partial charge in [-0.05, 0) is 30.7 Å². The second-order valence-corrected chi connectivity index (χ2v) is 7.27. The van der Waals surface area contributed by atoms with Crippen molar-refractivity contribution in [3.05, 3.63) is 84.7 Å². The van der Waals surface area contributed by atoms with Crippen LogP contribution in [0.25, 0.3) is 11.1 Å². The smallest absolute Gasteiger partial charge is 0.317 e. The van der Waals surface area contributed by atoms with E-state index in [2.05, 4.69) is 5.32 Å². The van der Waals surface area contributed by atoms with Gasteiger partial charge >= 0.3 is 5.97 Å². The van der Waals surface area contributed by atoms with Gasteiger partial charge in [-0.15, -0.1) is 11.8 Å². The fourth-order valence-electron chi connectivity index (χ4n) is 2.68. The molecule has 29 heavy (non-hydrogen) atoms. The number of para-hydroxylation sites is 1. The molecule has 0 aliphatic carbocycles. The van der Waals surface area contributed by atoms with E-state index < -0.39 is 23.8 Å². The minimum absolute atomic E-state index is 0.0842. The quantitative estimate of drug-likeness (QED) is 0.433. The van der Waals surface area contributed by atoms with Gasteiger partial charge in [-0.25, -0.2) is 4.39 Å². The van der Waals surface area contributed by atoms with Gasteiger partial charge in [0.05, 0.1) is 5.75 Å². The first-order valence-corrected chi connectivity index (χ1v) is 10.1. The predicted molar refractivity (Wildman–Crippen MR) is 113 cm³/mol. The zero-order chi connectivity index (χ0) is 20.6. The molecule has 4 nitrogen and oxygen atoms in total. The Balaban J connectivity index is 1.59. The van der Waals surface area contributed by atoms with Crippen LogP contribution in [0.5, 0.6) is 0 Å². The fraction of sp³-hybridized carbons (Fsp3) is 0.130. The average molecular weight is 409 g/mol. The van der Waals surface area contributed by atoms with Crippen LogP contribution in [0.15, 0.2) is 83.8 Å². The van der Waals surface area contributed by atoms with Crippen LogP contribution >= 0.6 is 11.8 Å². The molecule has 0 saturated heterocycles. The number of amides is 1. The number of esters is 1. The van der Waals surface area contributed by atoms with Gasteiger partial charge in [0.1, 0.15) is 5.82 Å². The summed E-state index contributed by atoms with van der Waals surface area (Å²) in [6, 6.07) is 23.3. The highest BCUT2D eigenvalue weighted by atomic mass is 32.2. The third-order valence-electron chi connectivity index (χ3n) is 4.13. The van der Waals surface area contributed by atoms with Crippen molar-refractivity contribution in [1.29, 1.82) is 0 Å². The Hall–Kier alpha value is -3.12. The van der Waals surface area contributed by atoms with E-state index in [4.69, 9.17) is 4.74 Å². The second kappa shape index (κ2) is 9.89. The number of carbonyl (C=O) groups is 2. The lowest BCUT2D eigenvalue weighted by molar-refractivity contribution is -0.150. The summed E-state index contributed by atoms with van der Waals surface area (Å²) >= 11 is 1.03. The SMILES string of the molecule is C[C@@H](OC(=O)CSc1ccccc1F)C(=O)Nc1ccccc1-c1ccccc1. The monoisotopic (exact) mass is 409 g/mol. The molecule has 3 aromatic carbocycles. The van der Waals surface area contributed by atoms with Crippen molar-refractivity contribution in [3.63, 3.8) is 0 Å². The van der Waals surface area contributed by atoms with E-state index in [0.717, 1.165) is 22.9 Å². The topological polar surface area (TPSA) is 55.4 Å². The molecule has 0 heterocycles. The van der Waals surface area contributed by atoms with E-state index in [0.29, 0.717) is 10.6 Å². The fourth-order valence-corrected chi connectivity index (χ4v) is 3.40. The zero-order valence-corrected chi connectivity index (χ0v) is 16.6. The van der Waals surface area contributed by atoms with Gasteiger partial charge in [0.15, 0.2) is 6.10 Å². The van der Waals surface area contributed by atoms with E-state index in [1.165, 1.54) is 13.0 Å². The first-order valence-electron chi connectivity index (χ1n) is 9.06. The average Bonchev–Trinajstić information content (AvgIpc) is 2.74. The van der Waals surface area contributed by atoms with Gasteiger partial charge in [0.2, 0.25) is 0 Å². The van der Waals surface area contributed by atoms with Crippen molar-refractivity contribution in [1.82, 2.24) is 0 Å². The van der Waals surface area contributed by atoms with Crippen LogP contribution < -0.4 is 5.32 Å². The minimum Gasteiger partial charge on any atom is -0.452 e. The molecule has 1 N–H and O–H groups in total. The molecule has 6 heteroatoms. The van der Waals surface area contributed by atoms with Gasteiger partial charge < -0.3 is 10.1 Å². The van der Waals surface area contributed by atoms with Crippen molar-refractivity contribution >= 4 is 29.3 Å². The lowest BCUT2D eigenvalue weighted by Gasteiger charge is -2.16. The summed E-state index contributed by atoms with van der Waals surface area (Å²) in [4.78, 5) is 24.9. The molecule has 0 saturated carbocycles. The van der Waals surface area contributed by atoms with Crippen LogP contribution in [0.4, 0.5) is 10.1 Å². The third-order valence-corrected chi connectivity index (χ3v) is 5.15. The van der Waals surface area contributed by atoms with Crippen molar-refractivity contribution in [2.24, 2.45) is 0 Å². The normalized spacial score (nSPS) is 11.5. The Labute approximate surface area is 173 Å². The molecule has 0 fully saturated rings. The highest BCUT2D eigenvalue weighted by Crippen LogP contribution is 2.27. The highest BCUT2D eigenvalue weighted by molar-refractivity contribution is 8.00. The Bertz CT molecular complexity index is 994. The van der Waals surface area contributed by atoms with E-state index in [1.807, 2.05) is 48.5 Å². The van der Waals surface area contributed by atoms with Gasteiger partial charge in [0.25, 0.3) is 5.91 Å². The molecule has 0 aliphatic heterocycles. The molecular weight excluding hydrogens is 389 g/mol. The number of ether oxygens (including phenoxy) is 1. The van der Waals surface area contributed by atoms with Gasteiger partial charge in [-0.2, -0.15) is 0 Å². The van der Waals surface area contributed by atoms with Gasteiger partial charge in [-0.1, -0.05) is 60.7 Å². The summed E-state index contributed by atoms with van der Waals surface area (Å²) in [5.41, 5.74) is 2.47. The molecule has 0 aliphatic rings. The van der Waals surface area contributed by atoms with Crippen LogP contribution in [0.1, 0.15) is 6.92 Å². The molecule has 3 rings (SSSR count). The maximum absolute atomic E-state index is 13.6. The van der Waals surface area contributed by atoms with Crippen molar-refractivity contribution in [3.8, 4) is 11.1 Å². The highest BCUT2D eigenvalue weighted by Gasteiger charge is 2.19. The number of carbonyl (C=O) groups excluding carboxylic acids is 2. The molecule has 148 valence electrons. The first-order chi connectivity index (χ1) is 14.0. The number of thioether (sulfide) groups is 1. The molecule has 0 aromatic heterocycles. The lowest BCUT2D eigenvalue weighted by atomic mass is 10.0. The van der Waals surface area contributed by atoms with Crippen LogP contribution in [0.3, 0.4) is 0 Å². The molecule has 1 amide bonds. The zero-order valence-electron chi connectivity index (χ0n) is 15.8. The summed E-state index contributed by atoms with van der Waals surface area (Å²) in [6.07, 6.45) is -0.979. The molecular formula is C23H20FNO3S. The maximum atomic E-state index is 13.6. The van der Waals surface area contributed by atoms with Crippen LogP contribution in [0.2, 0.25) is 0 Å². The molecule has 0 unspecified atom stereocenters. The Kier molecular flexibility index (Phi) is 7.03. The Morgan fingerprint density at radius 1 is 0.966 bits per heavy atom. The largest absolute Gasteiger partial charge is 0.452 e. The lowest BCUT2D eigenvalue weighted by Crippen LogP contribution is -2.30. The van der Waals surface area contributed by atoms with E-state index in [-0.39, 0.29) is 5.75 Å². The number of halogens is 1. The Morgan fingerprint density at radius 2 is 1.62 bits per heavy atom. The summed E-state index contributed by atoms with van der Waals surface area (Å²) in [6.45, 7) is 1.51. The number of hydrogen-bond donors (Lipinski definition) is 1. The maximum Gasteiger partial charge on any atom is 0.317 e. The molecule has 0 spiro atoms. The number of anilines is 1. The molecule has 0 radical (unpaired) electrons. The predicted octanol–water partition coefficient (Wildman–Crippen LogP) is 5.16. The summed E-state index contributed by atoms with van der Waals surface area (Å²) in [5, 5.41) is 2.81. The molecule has 3 aromatic rings. The van der Waals surface area contributed by atoms with Gasteiger partial charge in [-0.3, -0.25) is 9.59 Å². The van der Waals surface area contributed by atoms with Gasteiger partial charge in [0, 0.05) is 16.1 Å². The van der Waals surface area contributed by atoms with Crippen LogP contribution in [-0.4, -0.2) is 23.7 Å². The number of rotatable bonds is 7. The van der Waals surface area contributed by atoms with E-state index in [9.17, 15) is 14.0 Å². The molecule has 0 bridgehead atoms. The summed E-state index contributed by atoms with van der Waals surface area (Å²) < 4.78 is 18.8. The van der Waals surface area contributed by atoms with Crippen LogP contribution in [0, 0.1) is 5.82 Å². The first kappa shape index (κ1) is 20.6. The number of nitrogens with one attached hydrogen (secondary N) is 1. The minimum atomic E-state index is -0.979. The number of hydrogen-bond acceptors (Lipinski definition) is 4.